The minimum absolute atomic E-state index is 0.200. The quantitative estimate of drug-likeness (QED) is 0.349. The lowest BCUT2D eigenvalue weighted by molar-refractivity contribution is 0.309. The Hall–Kier alpha value is -5.16. The Balaban J connectivity index is 1.23. The Kier molecular flexibility index (Phi) is 6.62. The van der Waals surface area contributed by atoms with Crippen LogP contribution in [-0.4, -0.2) is 41.1 Å². The molecular weight excluding hydrogens is 488 g/mol. The van der Waals surface area contributed by atoms with E-state index in [1.807, 2.05) is 60.7 Å². The molecule has 1 aliphatic rings. The first-order valence-corrected chi connectivity index (χ1v) is 12.8. The molecule has 8 nitrogen and oxygen atoms in total. The third-order valence-electron chi connectivity index (χ3n) is 6.90. The van der Waals surface area contributed by atoms with Gasteiger partial charge in [0.1, 0.15) is 35.6 Å². The van der Waals surface area contributed by atoms with Gasteiger partial charge in [-0.1, -0.05) is 48.5 Å². The number of nitriles is 1. The van der Waals surface area contributed by atoms with Crippen LogP contribution in [0.1, 0.15) is 11.1 Å². The minimum atomic E-state index is -0.200. The van der Waals surface area contributed by atoms with Crippen molar-refractivity contribution in [3.63, 3.8) is 0 Å². The second kappa shape index (κ2) is 10.7. The van der Waals surface area contributed by atoms with Gasteiger partial charge in [-0.2, -0.15) is 5.26 Å². The molecule has 0 spiro atoms. The summed E-state index contributed by atoms with van der Waals surface area (Å²) in [6.45, 7) is 3.67. The maximum absolute atomic E-state index is 13.0. The topological polar surface area (TPSA) is 98.1 Å². The molecule has 0 radical (unpaired) electrons. The molecule has 1 N–H and O–H groups in total. The highest BCUT2D eigenvalue weighted by Gasteiger charge is 2.19. The summed E-state index contributed by atoms with van der Waals surface area (Å²) in [5.74, 6) is 1.96. The standard InChI is InChI=1S/C31H26N6O2/c32-19-23-12-13-28(33-20-23)37-16-14-36(15-17-37)25-9-4-8-24(18-25)30-34-29-26(31(38)35-30)10-5-11-27(29)39-21-22-6-2-1-3-7-22/h1-13,18,20H,14-17,21H2,(H,34,35,38). The summed E-state index contributed by atoms with van der Waals surface area (Å²) >= 11 is 0. The number of piperazine rings is 1. The molecule has 1 fully saturated rings. The monoisotopic (exact) mass is 514 g/mol. The third-order valence-corrected chi connectivity index (χ3v) is 6.90. The van der Waals surface area contributed by atoms with E-state index in [1.165, 1.54) is 0 Å². The molecule has 0 unspecified atom stereocenters. The fraction of sp³-hybridized carbons (Fsp3) is 0.161. The molecule has 1 saturated heterocycles. The van der Waals surface area contributed by atoms with Gasteiger partial charge in [-0.3, -0.25) is 4.79 Å². The van der Waals surface area contributed by atoms with E-state index < -0.39 is 0 Å². The Morgan fingerprint density at radius 1 is 0.897 bits per heavy atom. The van der Waals surface area contributed by atoms with Gasteiger partial charge in [0, 0.05) is 43.6 Å². The lowest BCUT2D eigenvalue weighted by Gasteiger charge is -2.36. The van der Waals surface area contributed by atoms with Crippen LogP contribution in [0.15, 0.2) is 95.9 Å². The van der Waals surface area contributed by atoms with Crippen LogP contribution in [0.3, 0.4) is 0 Å². The number of rotatable bonds is 6. The smallest absolute Gasteiger partial charge is 0.259 e. The molecule has 192 valence electrons. The van der Waals surface area contributed by atoms with Gasteiger partial charge < -0.3 is 19.5 Å². The predicted octanol–water partition coefficient (Wildman–Crippen LogP) is 4.76. The van der Waals surface area contributed by atoms with Crippen molar-refractivity contribution in [3.05, 3.63) is 113 Å². The lowest BCUT2D eigenvalue weighted by atomic mass is 10.1. The van der Waals surface area contributed by atoms with Crippen LogP contribution in [0, 0.1) is 11.3 Å². The Bertz CT molecular complexity index is 1700. The molecule has 5 aromatic rings. The SMILES string of the molecule is N#Cc1ccc(N2CCN(c3cccc(-c4nc5c(OCc6ccccc6)cccc5c(=O)[nH]4)c3)CC2)nc1. The third kappa shape index (κ3) is 5.15. The Morgan fingerprint density at radius 2 is 1.69 bits per heavy atom. The molecule has 1 aliphatic heterocycles. The summed E-state index contributed by atoms with van der Waals surface area (Å²) in [7, 11) is 0. The van der Waals surface area contributed by atoms with Gasteiger partial charge in [-0.15, -0.1) is 0 Å². The van der Waals surface area contributed by atoms with Crippen molar-refractivity contribution in [2.45, 2.75) is 6.61 Å². The van der Waals surface area contributed by atoms with Gasteiger partial charge in [0.25, 0.3) is 5.56 Å². The molecule has 8 heteroatoms. The van der Waals surface area contributed by atoms with E-state index in [9.17, 15) is 4.79 Å². The number of para-hydroxylation sites is 1. The summed E-state index contributed by atoms with van der Waals surface area (Å²) in [6.07, 6.45) is 1.61. The van der Waals surface area contributed by atoms with Crippen molar-refractivity contribution in [1.82, 2.24) is 15.0 Å². The summed E-state index contributed by atoms with van der Waals surface area (Å²) in [5, 5.41) is 9.51. The molecule has 0 bridgehead atoms. The highest BCUT2D eigenvalue weighted by Crippen LogP contribution is 2.27. The number of anilines is 2. The number of aromatic nitrogens is 3. The molecule has 3 aromatic carbocycles. The minimum Gasteiger partial charge on any atom is -0.487 e. The van der Waals surface area contributed by atoms with E-state index in [0.717, 1.165) is 48.8 Å². The van der Waals surface area contributed by atoms with E-state index in [4.69, 9.17) is 15.0 Å². The summed E-state index contributed by atoms with van der Waals surface area (Å²) < 4.78 is 6.08. The summed E-state index contributed by atoms with van der Waals surface area (Å²) in [5.41, 5.74) is 3.85. The lowest BCUT2D eigenvalue weighted by Crippen LogP contribution is -2.46. The first kappa shape index (κ1) is 24.2. The first-order chi connectivity index (χ1) is 19.2. The molecule has 0 amide bonds. The maximum atomic E-state index is 13.0. The van der Waals surface area contributed by atoms with Crippen LogP contribution in [0.4, 0.5) is 11.5 Å². The molecule has 3 heterocycles. The van der Waals surface area contributed by atoms with E-state index >= 15 is 0 Å². The van der Waals surface area contributed by atoms with Gasteiger partial charge in [0.15, 0.2) is 0 Å². The van der Waals surface area contributed by atoms with Gasteiger partial charge >= 0.3 is 0 Å². The number of benzene rings is 3. The zero-order chi connectivity index (χ0) is 26.6. The number of hydrogen-bond acceptors (Lipinski definition) is 7. The number of aromatic amines is 1. The van der Waals surface area contributed by atoms with Crippen molar-refractivity contribution in [2.24, 2.45) is 0 Å². The molecule has 39 heavy (non-hydrogen) atoms. The highest BCUT2D eigenvalue weighted by atomic mass is 16.5. The Morgan fingerprint density at radius 3 is 2.46 bits per heavy atom. The van der Waals surface area contributed by atoms with E-state index in [0.29, 0.717) is 34.6 Å². The van der Waals surface area contributed by atoms with Gasteiger partial charge in [0.05, 0.1) is 10.9 Å². The molecule has 6 rings (SSSR count). The van der Waals surface area contributed by atoms with Gasteiger partial charge in [0.2, 0.25) is 0 Å². The maximum Gasteiger partial charge on any atom is 0.259 e. The highest BCUT2D eigenvalue weighted by molar-refractivity contribution is 5.85. The van der Waals surface area contributed by atoms with Crippen LogP contribution in [0.2, 0.25) is 0 Å². The van der Waals surface area contributed by atoms with Crippen molar-refractivity contribution in [3.8, 4) is 23.2 Å². The van der Waals surface area contributed by atoms with Crippen LogP contribution >= 0.6 is 0 Å². The average molecular weight is 515 g/mol. The molecule has 0 aliphatic carbocycles. The number of ether oxygens (including phenoxy) is 1. The normalized spacial score (nSPS) is 13.3. The van der Waals surface area contributed by atoms with Crippen LogP contribution in [0.25, 0.3) is 22.3 Å². The van der Waals surface area contributed by atoms with Crippen molar-refractivity contribution >= 4 is 22.4 Å². The molecule has 0 saturated carbocycles. The van der Waals surface area contributed by atoms with Crippen LogP contribution in [0.5, 0.6) is 5.75 Å². The number of pyridine rings is 1. The summed E-state index contributed by atoms with van der Waals surface area (Å²) in [6, 6.07) is 29.2. The predicted molar refractivity (Wildman–Crippen MR) is 152 cm³/mol. The average Bonchev–Trinajstić information content (AvgIpc) is 3.01. The number of fused-ring (bicyclic) bond motifs is 1. The number of hydrogen-bond donors (Lipinski definition) is 1. The van der Waals surface area contributed by atoms with Gasteiger partial charge in [-0.05, 0) is 42.0 Å². The molecule has 2 aromatic heterocycles. The van der Waals surface area contributed by atoms with Crippen LogP contribution < -0.4 is 20.1 Å². The number of H-pyrrole nitrogens is 1. The zero-order valence-electron chi connectivity index (χ0n) is 21.2. The first-order valence-electron chi connectivity index (χ1n) is 12.8. The van der Waals surface area contributed by atoms with Crippen molar-refractivity contribution < 1.29 is 4.74 Å². The number of nitrogens with one attached hydrogen (secondary N) is 1. The van der Waals surface area contributed by atoms with Gasteiger partial charge in [-0.25, -0.2) is 9.97 Å². The molecule has 0 atom stereocenters. The molecular formula is C31H26N6O2. The second-order valence-corrected chi connectivity index (χ2v) is 9.38. The van der Waals surface area contributed by atoms with E-state index in [1.54, 1.807) is 18.3 Å². The summed E-state index contributed by atoms with van der Waals surface area (Å²) in [4.78, 5) is 29.8. The fourth-order valence-corrected chi connectivity index (χ4v) is 4.81. The van der Waals surface area contributed by atoms with Crippen molar-refractivity contribution in [2.75, 3.05) is 36.0 Å². The second-order valence-electron chi connectivity index (χ2n) is 9.38. The fourth-order valence-electron chi connectivity index (χ4n) is 4.81. The number of nitrogens with zero attached hydrogens (tertiary/aromatic N) is 5. The largest absolute Gasteiger partial charge is 0.487 e. The van der Waals surface area contributed by atoms with E-state index in [2.05, 4.69) is 38.0 Å². The van der Waals surface area contributed by atoms with Crippen molar-refractivity contribution in [1.29, 1.82) is 5.26 Å². The zero-order valence-corrected chi connectivity index (χ0v) is 21.2. The van der Waals surface area contributed by atoms with Crippen LogP contribution in [-0.2, 0) is 6.61 Å². The Labute approximate surface area is 225 Å². The van der Waals surface area contributed by atoms with E-state index in [-0.39, 0.29) is 5.56 Å².